The number of para-hydroxylation sites is 2. The highest BCUT2D eigenvalue weighted by Gasteiger charge is 2.24. The number of aromatic nitrogens is 6. The normalized spacial score (nSPS) is 16.3. The number of benzene rings is 1. The molecule has 14 heteroatoms. The summed E-state index contributed by atoms with van der Waals surface area (Å²) in [5.41, 5.74) is 1.58. The van der Waals surface area contributed by atoms with E-state index in [1.54, 1.807) is 30.5 Å². The Morgan fingerprint density at radius 1 is 0.905 bits per heavy atom. The number of imidazole rings is 1. The van der Waals surface area contributed by atoms with E-state index in [1.807, 2.05) is 24.1 Å². The number of alkyl halides is 2. The van der Waals surface area contributed by atoms with Crippen LogP contribution in [0.15, 0.2) is 42.6 Å². The first-order chi connectivity index (χ1) is 20.5. The third-order valence-corrected chi connectivity index (χ3v) is 7.35. The van der Waals surface area contributed by atoms with E-state index in [4.69, 9.17) is 9.47 Å². The van der Waals surface area contributed by atoms with Gasteiger partial charge in [-0.1, -0.05) is 12.1 Å². The van der Waals surface area contributed by atoms with Gasteiger partial charge >= 0.3 is 0 Å². The van der Waals surface area contributed by atoms with Gasteiger partial charge in [-0.05, 0) is 30.7 Å². The molecule has 0 saturated carbocycles. The van der Waals surface area contributed by atoms with Crippen molar-refractivity contribution in [2.75, 3.05) is 87.9 Å². The molecule has 1 aromatic carbocycles. The van der Waals surface area contributed by atoms with E-state index in [0.29, 0.717) is 49.0 Å². The Kier molecular flexibility index (Phi) is 8.63. The summed E-state index contributed by atoms with van der Waals surface area (Å²) in [5, 5.41) is 3.19. The van der Waals surface area contributed by atoms with Crippen LogP contribution in [0.25, 0.3) is 17.0 Å². The molecule has 0 spiro atoms. The number of halogens is 2. The van der Waals surface area contributed by atoms with E-state index in [0.717, 1.165) is 51.6 Å². The van der Waals surface area contributed by atoms with Crippen molar-refractivity contribution in [3.63, 3.8) is 0 Å². The third kappa shape index (κ3) is 6.40. The molecule has 2 aliphatic rings. The summed E-state index contributed by atoms with van der Waals surface area (Å²) in [6.45, 7) is 7.65. The van der Waals surface area contributed by atoms with E-state index in [2.05, 4.69) is 40.0 Å². The lowest BCUT2D eigenvalue weighted by Crippen LogP contribution is -2.37. The molecule has 1 N–H and O–H groups in total. The average Bonchev–Trinajstić information content (AvgIpc) is 3.42. The van der Waals surface area contributed by atoms with Crippen LogP contribution in [-0.2, 0) is 9.47 Å². The number of morpholine rings is 2. The highest BCUT2D eigenvalue weighted by molar-refractivity contribution is 5.77. The van der Waals surface area contributed by atoms with E-state index >= 15 is 0 Å². The van der Waals surface area contributed by atoms with Gasteiger partial charge in [-0.25, -0.2) is 18.7 Å². The Morgan fingerprint density at radius 3 is 2.38 bits per heavy atom. The minimum atomic E-state index is -2.82. The Labute approximate surface area is 242 Å². The second-order valence-electron chi connectivity index (χ2n) is 10.2. The predicted octanol–water partition coefficient (Wildman–Crippen LogP) is 3.28. The number of anilines is 4. The van der Waals surface area contributed by atoms with Crippen LogP contribution < -0.4 is 15.1 Å². The van der Waals surface area contributed by atoms with Crippen LogP contribution >= 0.6 is 0 Å². The molecule has 2 fully saturated rings. The van der Waals surface area contributed by atoms with Crippen molar-refractivity contribution in [1.29, 1.82) is 0 Å². The Balaban J connectivity index is 1.23. The van der Waals surface area contributed by atoms with Gasteiger partial charge < -0.3 is 24.6 Å². The maximum Gasteiger partial charge on any atom is 0.296 e. The lowest BCUT2D eigenvalue weighted by molar-refractivity contribution is 0.0377. The molecule has 6 rings (SSSR count). The number of pyridine rings is 1. The molecule has 0 aliphatic carbocycles. The summed E-state index contributed by atoms with van der Waals surface area (Å²) in [5.74, 6) is 1.06. The van der Waals surface area contributed by atoms with Crippen molar-refractivity contribution in [2.45, 2.75) is 12.8 Å². The van der Waals surface area contributed by atoms with Gasteiger partial charge in [0.05, 0.1) is 49.3 Å². The van der Waals surface area contributed by atoms with Gasteiger partial charge in [0.2, 0.25) is 17.8 Å². The smallest absolute Gasteiger partial charge is 0.296 e. The Morgan fingerprint density at radius 2 is 1.64 bits per heavy atom. The van der Waals surface area contributed by atoms with Crippen molar-refractivity contribution in [3.8, 4) is 5.95 Å². The van der Waals surface area contributed by atoms with E-state index in [1.165, 1.54) is 4.57 Å². The molecule has 4 aromatic rings. The van der Waals surface area contributed by atoms with Crippen molar-refractivity contribution < 1.29 is 18.3 Å². The monoisotopic (exact) mass is 580 g/mol. The summed E-state index contributed by atoms with van der Waals surface area (Å²) in [6, 6.07) is 10.8. The van der Waals surface area contributed by atoms with E-state index in [-0.39, 0.29) is 11.9 Å². The molecule has 0 atom stereocenters. The second kappa shape index (κ2) is 12.9. The van der Waals surface area contributed by atoms with Gasteiger partial charge in [-0.2, -0.15) is 15.0 Å². The van der Waals surface area contributed by atoms with Gasteiger partial charge in [0.1, 0.15) is 5.82 Å². The van der Waals surface area contributed by atoms with Crippen LogP contribution in [0.4, 0.5) is 32.2 Å². The third-order valence-electron chi connectivity index (χ3n) is 7.35. The van der Waals surface area contributed by atoms with Gasteiger partial charge in [0, 0.05) is 46.3 Å². The number of hydrogen-bond donors (Lipinski definition) is 1. The zero-order valence-electron chi connectivity index (χ0n) is 23.5. The molecular formula is C28H34F2N10O2. The van der Waals surface area contributed by atoms with Crippen LogP contribution in [0.2, 0.25) is 0 Å². The van der Waals surface area contributed by atoms with Crippen molar-refractivity contribution >= 4 is 34.4 Å². The molecule has 0 bridgehead atoms. The number of nitrogens with zero attached hydrogens (tertiary/aromatic N) is 9. The summed E-state index contributed by atoms with van der Waals surface area (Å²) in [7, 11) is 2.03. The molecule has 222 valence electrons. The predicted molar refractivity (Wildman–Crippen MR) is 155 cm³/mol. The Bertz CT molecular complexity index is 1470. The molecule has 0 radical (unpaired) electrons. The highest BCUT2D eigenvalue weighted by atomic mass is 19.3. The highest BCUT2D eigenvalue weighted by Crippen LogP contribution is 2.28. The van der Waals surface area contributed by atoms with Crippen molar-refractivity contribution in [2.24, 2.45) is 0 Å². The topological polar surface area (TPSA) is 110 Å². The van der Waals surface area contributed by atoms with Gasteiger partial charge in [-0.15, -0.1) is 0 Å². The molecule has 5 heterocycles. The number of nitrogens with one attached hydrogen (secondary N) is 1. The minimum absolute atomic E-state index is 0.0579. The summed E-state index contributed by atoms with van der Waals surface area (Å²) in [6.07, 6.45) is -0.0808. The molecule has 12 nitrogen and oxygen atoms in total. The van der Waals surface area contributed by atoms with Crippen LogP contribution in [0.3, 0.4) is 0 Å². The summed E-state index contributed by atoms with van der Waals surface area (Å²) >= 11 is 0. The number of ether oxygens (including phenoxy) is 2. The zero-order valence-corrected chi connectivity index (χ0v) is 23.5. The number of fused-ring (bicyclic) bond motifs is 1. The number of rotatable bonds is 10. The molecule has 2 aliphatic heterocycles. The van der Waals surface area contributed by atoms with Crippen molar-refractivity contribution in [3.05, 3.63) is 48.4 Å². The molecule has 0 amide bonds. The molecule has 2 saturated heterocycles. The fraction of sp³-hybridized carbons (Fsp3) is 0.464. The largest absolute Gasteiger partial charge is 0.379 e. The second-order valence-corrected chi connectivity index (χ2v) is 10.2. The molecule has 3 aromatic heterocycles. The average molecular weight is 581 g/mol. The zero-order chi connectivity index (χ0) is 28.9. The fourth-order valence-corrected chi connectivity index (χ4v) is 5.10. The first-order valence-corrected chi connectivity index (χ1v) is 14.1. The van der Waals surface area contributed by atoms with Gasteiger partial charge in [-0.3, -0.25) is 9.47 Å². The summed E-state index contributed by atoms with van der Waals surface area (Å²) in [4.78, 5) is 29.0. The Hall–Kier alpha value is -4.01. The first kappa shape index (κ1) is 28.1. The lowest BCUT2D eigenvalue weighted by Gasteiger charge is -2.27. The maximum atomic E-state index is 14.1. The van der Waals surface area contributed by atoms with E-state index in [9.17, 15) is 8.78 Å². The van der Waals surface area contributed by atoms with Gasteiger partial charge in [0.15, 0.2) is 5.82 Å². The first-order valence-electron chi connectivity index (χ1n) is 14.1. The lowest BCUT2D eigenvalue weighted by atomic mass is 10.3. The van der Waals surface area contributed by atoms with Gasteiger partial charge in [0.25, 0.3) is 6.43 Å². The van der Waals surface area contributed by atoms with Crippen LogP contribution in [0.5, 0.6) is 0 Å². The molecule has 0 unspecified atom stereocenters. The molecular weight excluding hydrogens is 546 g/mol. The SMILES string of the molecule is CN(CCCN1CCOCC1)c1ccc(Nc2nc(N3CCOCC3)nc(-n3c(C(F)F)nc4ccccc43)n2)cn1. The quantitative estimate of drug-likeness (QED) is 0.299. The minimum Gasteiger partial charge on any atom is -0.379 e. The summed E-state index contributed by atoms with van der Waals surface area (Å²) < 4.78 is 40.4. The van der Waals surface area contributed by atoms with Crippen LogP contribution in [-0.4, -0.2) is 107 Å². The molecule has 42 heavy (non-hydrogen) atoms. The van der Waals surface area contributed by atoms with Crippen LogP contribution in [0, 0.1) is 0 Å². The van der Waals surface area contributed by atoms with Crippen molar-refractivity contribution in [1.82, 2.24) is 34.4 Å². The van der Waals surface area contributed by atoms with E-state index < -0.39 is 12.2 Å². The number of hydrogen-bond acceptors (Lipinski definition) is 11. The fourth-order valence-electron chi connectivity index (χ4n) is 5.10. The maximum absolute atomic E-state index is 14.1. The standard InChI is InChI=1S/C28H34F2N10O2/c1-37(9-4-10-38-11-15-41-16-12-38)23-8-7-20(19-31-23)32-26-34-27(39-13-17-42-18-14-39)36-28(35-26)40-22-6-3-2-5-21(22)33-25(40)24(29)30/h2-3,5-8,19,24H,4,9-18H2,1H3,(H,32,34,35,36). The van der Waals surface area contributed by atoms with Crippen LogP contribution in [0.1, 0.15) is 18.7 Å².